The predicted molar refractivity (Wildman–Crippen MR) is 99.5 cm³/mol. The van der Waals surface area contributed by atoms with E-state index in [9.17, 15) is 9.59 Å². The molecular formula is C21H18N2O4. The second-order valence-corrected chi connectivity index (χ2v) is 6.17. The third-order valence-corrected chi connectivity index (χ3v) is 4.35. The zero-order valence-electron chi connectivity index (χ0n) is 14.5. The molecule has 1 aliphatic heterocycles. The van der Waals surface area contributed by atoms with Crippen LogP contribution in [0.3, 0.4) is 0 Å². The van der Waals surface area contributed by atoms with Gasteiger partial charge in [0.25, 0.3) is 11.8 Å². The highest BCUT2D eigenvalue weighted by Gasteiger charge is 2.34. The third kappa shape index (κ3) is 3.55. The van der Waals surface area contributed by atoms with Crippen molar-refractivity contribution in [3.63, 3.8) is 0 Å². The molecule has 0 saturated carbocycles. The Morgan fingerprint density at radius 1 is 1.00 bits per heavy atom. The van der Waals surface area contributed by atoms with Gasteiger partial charge >= 0.3 is 0 Å². The highest BCUT2D eigenvalue weighted by molar-refractivity contribution is 6.06. The largest absolute Gasteiger partial charge is 0.477 e. The Hall–Kier alpha value is -3.54. The zero-order valence-corrected chi connectivity index (χ0v) is 14.5. The summed E-state index contributed by atoms with van der Waals surface area (Å²) in [6.45, 7) is 0.504. The van der Waals surface area contributed by atoms with Crippen molar-refractivity contribution in [2.75, 3.05) is 11.4 Å². The Kier molecular flexibility index (Phi) is 4.61. The first kappa shape index (κ1) is 16.9. The van der Waals surface area contributed by atoms with Gasteiger partial charge in [0, 0.05) is 6.54 Å². The number of carbonyl (C=O) groups is 2. The smallest absolute Gasteiger partial charge is 0.294 e. The summed E-state index contributed by atoms with van der Waals surface area (Å²) in [7, 11) is 0. The van der Waals surface area contributed by atoms with Gasteiger partial charge in [0.05, 0.1) is 18.5 Å². The minimum absolute atomic E-state index is 0.108. The molecule has 1 N–H and O–H groups in total. The van der Waals surface area contributed by atoms with Gasteiger partial charge in [0.2, 0.25) is 0 Å². The molecule has 6 nitrogen and oxygen atoms in total. The lowest BCUT2D eigenvalue weighted by Gasteiger charge is -2.33. The summed E-state index contributed by atoms with van der Waals surface area (Å²) in [6, 6.07) is 20.0. The Morgan fingerprint density at radius 2 is 1.78 bits per heavy atom. The topological polar surface area (TPSA) is 71.8 Å². The predicted octanol–water partition coefficient (Wildman–Crippen LogP) is 3.00. The van der Waals surface area contributed by atoms with Crippen molar-refractivity contribution in [2.45, 2.75) is 12.6 Å². The number of para-hydroxylation sites is 2. The van der Waals surface area contributed by atoms with Crippen molar-refractivity contribution in [3.05, 3.63) is 84.3 Å². The van der Waals surface area contributed by atoms with E-state index in [4.69, 9.17) is 9.15 Å². The van der Waals surface area contributed by atoms with Crippen LogP contribution in [0.4, 0.5) is 5.69 Å². The number of ether oxygens (including phenoxy) is 1. The van der Waals surface area contributed by atoms with Gasteiger partial charge in [0.1, 0.15) is 5.75 Å². The molecule has 0 saturated heterocycles. The fourth-order valence-corrected chi connectivity index (χ4v) is 3.00. The zero-order chi connectivity index (χ0) is 18.6. The number of nitrogens with one attached hydrogen (secondary N) is 1. The number of fused-ring (bicyclic) bond motifs is 1. The van der Waals surface area contributed by atoms with Crippen molar-refractivity contribution < 1.29 is 18.7 Å². The van der Waals surface area contributed by atoms with Gasteiger partial charge in [-0.3, -0.25) is 14.5 Å². The van der Waals surface area contributed by atoms with Crippen molar-refractivity contribution in [3.8, 4) is 5.75 Å². The van der Waals surface area contributed by atoms with Crippen LogP contribution in [0.5, 0.6) is 5.75 Å². The molecule has 1 aromatic heterocycles. The molecule has 136 valence electrons. The van der Waals surface area contributed by atoms with E-state index in [1.54, 1.807) is 30.3 Å². The first-order valence-corrected chi connectivity index (χ1v) is 8.65. The van der Waals surface area contributed by atoms with Crippen molar-refractivity contribution >= 4 is 17.5 Å². The van der Waals surface area contributed by atoms with Crippen molar-refractivity contribution in [2.24, 2.45) is 0 Å². The molecule has 6 heteroatoms. The molecule has 0 fully saturated rings. The van der Waals surface area contributed by atoms with Crippen LogP contribution in [0.1, 0.15) is 16.1 Å². The number of amides is 2. The minimum Gasteiger partial charge on any atom is -0.477 e. The maximum Gasteiger partial charge on any atom is 0.294 e. The number of carbonyl (C=O) groups excluding carboxylic acids is 2. The van der Waals surface area contributed by atoms with E-state index in [0.717, 1.165) is 5.56 Å². The molecular weight excluding hydrogens is 344 g/mol. The normalized spacial score (nSPS) is 15.6. The van der Waals surface area contributed by atoms with Gasteiger partial charge < -0.3 is 14.5 Å². The second-order valence-electron chi connectivity index (χ2n) is 6.17. The van der Waals surface area contributed by atoms with Crippen LogP contribution in [0, 0.1) is 0 Å². The maximum absolute atomic E-state index is 12.8. The second kappa shape index (κ2) is 7.37. The lowest BCUT2D eigenvalue weighted by atomic mass is 10.1. The summed E-state index contributed by atoms with van der Waals surface area (Å²) in [5.74, 6) is 0.126. The molecule has 2 aromatic carbocycles. The molecule has 0 radical (unpaired) electrons. The Labute approximate surface area is 156 Å². The fourth-order valence-electron chi connectivity index (χ4n) is 3.00. The minimum atomic E-state index is -0.803. The van der Waals surface area contributed by atoms with Crippen LogP contribution in [0.15, 0.2) is 77.4 Å². The van der Waals surface area contributed by atoms with E-state index < -0.39 is 6.10 Å². The standard InChI is InChI=1S/C21H18N2O4/c24-20(22-13-15-7-2-1-3-8-15)19-14-23(21(25)18-11-6-12-26-18)16-9-4-5-10-17(16)27-19/h1-12,19H,13-14H2,(H,22,24)/t19-/m1/s1. The number of anilines is 1. The molecule has 4 rings (SSSR count). The quantitative estimate of drug-likeness (QED) is 0.774. The van der Waals surface area contributed by atoms with Gasteiger partial charge in [-0.15, -0.1) is 0 Å². The molecule has 1 aliphatic rings. The number of hydrogen-bond donors (Lipinski definition) is 1. The Morgan fingerprint density at radius 3 is 2.56 bits per heavy atom. The number of furan rings is 1. The Balaban J connectivity index is 1.53. The number of rotatable bonds is 4. The average molecular weight is 362 g/mol. The van der Waals surface area contributed by atoms with Gasteiger partial charge in [-0.2, -0.15) is 0 Å². The maximum atomic E-state index is 12.8. The van der Waals surface area contributed by atoms with E-state index in [0.29, 0.717) is 18.0 Å². The van der Waals surface area contributed by atoms with Crippen molar-refractivity contribution in [1.82, 2.24) is 5.32 Å². The van der Waals surface area contributed by atoms with E-state index in [1.807, 2.05) is 36.4 Å². The number of nitrogens with zero attached hydrogens (tertiary/aromatic N) is 1. The molecule has 3 aromatic rings. The summed E-state index contributed by atoms with van der Waals surface area (Å²) in [6.07, 6.45) is 0.645. The van der Waals surface area contributed by atoms with E-state index in [2.05, 4.69) is 5.32 Å². The Bertz CT molecular complexity index is 938. The van der Waals surface area contributed by atoms with Gasteiger partial charge in [-0.25, -0.2) is 0 Å². The van der Waals surface area contributed by atoms with Gasteiger partial charge in [-0.05, 0) is 29.8 Å². The summed E-state index contributed by atoms with van der Waals surface area (Å²) in [4.78, 5) is 27.0. The first-order valence-electron chi connectivity index (χ1n) is 8.65. The van der Waals surface area contributed by atoms with Gasteiger partial charge in [-0.1, -0.05) is 42.5 Å². The first-order chi connectivity index (χ1) is 13.2. The summed E-state index contributed by atoms with van der Waals surface area (Å²) in [5, 5.41) is 2.87. The molecule has 0 spiro atoms. The molecule has 0 unspecified atom stereocenters. The SMILES string of the molecule is O=C(NCc1ccccc1)[C@H]1CN(C(=O)c2ccco2)c2ccccc2O1. The molecule has 0 bridgehead atoms. The van der Waals surface area contributed by atoms with Crippen LogP contribution in [-0.2, 0) is 11.3 Å². The van der Waals surface area contributed by atoms with Gasteiger partial charge in [0.15, 0.2) is 11.9 Å². The van der Waals surface area contributed by atoms with E-state index in [-0.39, 0.29) is 24.1 Å². The fraction of sp³-hybridized carbons (Fsp3) is 0.143. The van der Waals surface area contributed by atoms with E-state index in [1.165, 1.54) is 11.2 Å². The van der Waals surface area contributed by atoms with E-state index >= 15 is 0 Å². The highest BCUT2D eigenvalue weighted by atomic mass is 16.5. The monoisotopic (exact) mass is 362 g/mol. The molecule has 2 heterocycles. The lowest BCUT2D eigenvalue weighted by molar-refractivity contribution is -0.128. The van der Waals surface area contributed by atoms with Crippen LogP contribution >= 0.6 is 0 Å². The summed E-state index contributed by atoms with van der Waals surface area (Å²) < 4.78 is 11.1. The summed E-state index contributed by atoms with van der Waals surface area (Å²) >= 11 is 0. The van der Waals surface area contributed by atoms with Crippen molar-refractivity contribution in [1.29, 1.82) is 0 Å². The number of benzene rings is 2. The summed E-state index contributed by atoms with van der Waals surface area (Å²) in [5.41, 5.74) is 1.61. The van der Waals surface area contributed by atoms with Crippen LogP contribution in [0.25, 0.3) is 0 Å². The molecule has 0 aliphatic carbocycles. The average Bonchev–Trinajstić information content (AvgIpc) is 3.26. The van der Waals surface area contributed by atoms with Crippen LogP contribution in [-0.4, -0.2) is 24.5 Å². The molecule has 27 heavy (non-hydrogen) atoms. The lowest BCUT2D eigenvalue weighted by Crippen LogP contribution is -2.50. The number of hydrogen-bond acceptors (Lipinski definition) is 4. The van der Waals surface area contributed by atoms with Crippen LogP contribution in [0.2, 0.25) is 0 Å². The van der Waals surface area contributed by atoms with Crippen LogP contribution < -0.4 is 15.0 Å². The highest BCUT2D eigenvalue weighted by Crippen LogP contribution is 2.34. The molecule has 2 amide bonds. The third-order valence-electron chi connectivity index (χ3n) is 4.35. The molecule has 1 atom stereocenters.